The fourth-order valence-electron chi connectivity index (χ4n) is 1.91. The van der Waals surface area contributed by atoms with E-state index in [9.17, 15) is 4.79 Å². The van der Waals surface area contributed by atoms with Crippen molar-refractivity contribution in [3.63, 3.8) is 0 Å². The van der Waals surface area contributed by atoms with Crippen LogP contribution in [0.3, 0.4) is 0 Å². The lowest BCUT2D eigenvalue weighted by atomic mass is 10.2. The molecule has 0 aromatic heterocycles. The maximum absolute atomic E-state index is 11.9. The van der Waals surface area contributed by atoms with Crippen LogP contribution in [0.25, 0.3) is 6.08 Å². The molecule has 22 heavy (non-hydrogen) atoms. The number of hydrogen-bond acceptors (Lipinski definition) is 3. The van der Waals surface area contributed by atoms with Gasteiger partial charge in [0.15, 0.2) is 5.70 Å². The molecule has 1 aliphatic heterocycles. The summed E-state index contributed by atoms with van der Waals surface area (Å²) in [5, 5.41) is 0.870. The van der Waals surface area contributed by atoms with Crippen LogP contribution in [0.2, 0.25) is 10.0 Å². The number of aliphatic imine (C=N–C) groups is 1. The predicted octanol–water partition coefficient (Wildman–Crippen LogP) is 5.10. The van der Waals surface area contributed by atoms with Crippen LogP contribution in [0.1, 0.15) is 11.1 Å². The molecule has 1 heterocycles. The molecule has 0 radical (unpaired) electrons. The van der Waals surface area contributed by atoms with E-state index in [1.54, 1.807) is 24.3 Å². The maximum atomic E-state index is 11.9. The van der Waals surface area contributed by atoms with Crippen LogP contribution >= 0.6 is 39.1 Å². The topological polar surface area (TPSA) is 38.7 Å². The molecule has 110 valence electrons. The van der Waals surface area contributed by atoms with Crippen molar-refractivity contribution in [3.05, 3.63) is 73.8 Å². The maximum Gasteiger partial charge on any atom is 0.363 e. The van der Waals surface area contributed by atoms with Gasteiger partial charge in [0.2, 0.25) is 5.90 Å². The lowest BCUT2D eigenvalue weighted by molar-refractivity contribution is -0.129. The van der Waals surface area contributed by atoms with Crippen molar-refractivity contribution < 1.29 is 9.53 Å². The Bertz CT molecular complexity index is 831. The summed E-state index contributed by atoms with van der Waals surface area (Å²) in [4.78, 5) is 16.2. The molecule has 3 rings (SSSR count). The zero-order valence-corrected chi connectivity index (χ0v) is 14.1. The van der Waals surface area contributed by atoms with Crippen LogP contribution in [-0.4, -0.2) is 11.9 Å². The van der Waals surface area contributed by atoms with Gasteiger partial charge in [-0.2, -0.15) is 0 Å². The van der Waals surface area contributed by atoms with Crippen molar-refractivity contribution in [2.75, 3.05) is 0 Å². The second kappa shape index (κ2) is 6.24. The van der Waals surface area contributed by atoms with Gasteiger partial charge in [-0.25, -0.2) is 9.79 Å². The summed E-state index contributed by atoms with van der Waals surface area (Å²) >= 11 is 15.2. The van der Waals surface area contributed by atoms with E-state index in [0.29, 0.717) is 10.0 Å². The van der Waals surface area contributed by atoms with Crippen LogP contribution in [-0.2, 0) is 9.53 Å². The summed E-state index contributed by atoms with van der Waals surface area (Å²) in [6, 6.07) is 12.4. The van der Waals surface area contributed by atoms with Gasteiger partial charge in [0.05, 0.1) is 10.0 Å². The quantitative estimate of drug-likeness (QED) is 0.523. The van der Waals surface area contributed by atoms with Gasteiger partial charge in [0, 0.05) is 10.0 Å². The first-order valence-corrected chi connectivity index (χ1v) is 7.81. The van der Waals surface area contributed by atoms with Crippen LogP contribution in [0.4, 0.5) is 0 Å². The molecular formula is C16H8BrCl2NO2. The molecule has 0 aliphatic carbocycles. The van der Waals surface area contributed by atoms with E-state index in [2.05, 4.69) is 20.9 Å². The number of rotatable bonds is 2. The Morgan fingerprint density at radius 3 is 2.64 bits per heavy atom. The van der Waals surface area contributed by atoms with E-state index in [0.717, 1.165) is 15.6 Å². The first-order chi connectivity index (χ1) is 10.5. The average Bonchev–Trinajstić information content (AvgIpc) is 2.84. The molecule has 0 saturated carbocycles. The van der Waals surface area contributed by atoms with E-state index in [1.165, 1.54) is 0 Å². The highest BCUT2D eigenvalue weighted by molar-refractivity contribution is 9.10. The Kier molecular flexibility index (Phi) is 4.34. The molecule has 0 bridgehead atoms. The van der Waals surface area contributed by atoms with Crippen LogP contribution in [0.15, 0.2) is 57.6 Å². The molecule has 3 nitrogen and oxygen atoms in total. The fourth-order valence-corrected chi connectivity index (χ4v) is 2.62. The van der Waals surface area contributed by atoms with Crippen molar-refractivity contribution >= 4 is 57.1 Å². The largest absolute Gasteiger partial charge is 0.402 e. The summed E-state index contributed by atoms with van der Waals surface area (Å²) in [6.45, 7) is 0. The van der Waals surface area contributed by atoms with E-state index >= 15 is 0 Å². The number of halogens is 3. The highest BCUT2D eigenvalue weighted by atomic mass is 79.9. The van der Waals surface area contributed by atoms with Gasteiger partial charge >= 0.3 is 5.97 Å². The fraction of sp³-hybridized carbons (Fsp3) is 0. The lowest BCUT2D eigenvalue weighted by Gasteiger charge is -1.99. The minimum absolute atomic E-state index is 0.216. The Labute approximate surface area is 145 Å². The third-order valence-electron chi connectivity index (χ3n) is 2.94. The number of ether oxygens (including phenoxy) is 1. The molecule has 0 N–H and O–H groups in total. The zero-order valence-electron chi connectivity index (χ0n) is 11.0. The summed E-state index contributed by atoms with van der Waals surface area (Å²) < 4.78 is 6.08. The monoisotopic (exact) mass is 395 g/mol. The molecule has 6 heteroatoms. The van der Waals surface area contributed by atoms with Crippen LogP contribution < -0.4 is 0 Å². The number of carbonyl (C=O) groups excluding carboxylic acids is 1. The molecule has 0 amide bonds. The lowest BCUT2D eigenvalue weighted by Crippen LogP contribution is -2.05. The van der Waals surface area contributed by atoms with E-state index in [-0.39, 0.29) is 11.6 Å². The molecule has 2 aromatic rings. The van der Waals surface area contributed by atoms with Crippen molar-refractivity contribution in [2.45, 2.75) is 0 Å². The number of nitrogens with zero attached hydrogens (tertiary/aromatic N) is 1. The Morgan fingerprint density at radius 1 is 1.09 bits per heavy atom. The minimum Gasteiger partial charge on any atom is -0.402 e. The summed E-state index contributed by atoms with van der Waals surface area (Å²) in [6.07, 6.45) is 1.61. The first kappa shape index (κ1) is 15.3. The van der Waals surface area contributed by atoms with Gasteiger partial charge in [-0.3, -0.25) is 0 Å². The number of hydrogen-bond donors (Lipinski definition) is 0. The van der Waals surface area contributed by atoms with Crippen LogP contribution in [0.5, 0.6) is 0 Å². The molecule has 1 aliphatic rings. The third-order valence-corrected chi connectivity index (χ3v) is 4.17. The standard InChI is InChI=1S/C16H8BrCl2NO2/c17-11-3-1-2-10(8-11)15-20-14(16(21)22-15)7-9-4-5-12(18)13(19)6-9/h1-8H. The number of benzene rings is 2. The Morgan fingerprint density at radius 2 is 1.91 bits per heavy atom. The second-order valence-corrected chi connectivity index (χ2v) is 6.25. The molecular weight excluding hydrogens is 389 g/mol. The van der Waals surface area contributed by atoms with Crippen molar-refractivity contribution in [2.24, 2.45) is 4.99 Å². The van der Waals surface area contributed by atoms with Gasteiger partial charge in [-0.05, 0) is 42.0 Å². The van der Waals surface area contributed by atoms with Gasteiger partial charge in [-0.15, -0.1) is 0 Å². The highest BCUT2D eigenvalue weighted by Crippen LogP contribution is 2.25. The SMILES string of the molecule is O=C1OC(c2cccc(Br)c2)=NC1=Cc1ccc(Cl)c(Cl)c1. The molecule has 0 spiro atoms. The van der Waals surface area contributed by atoms with Gasteiger partial charge < -0.3 is 4.74 Å². The van der Waals surface area contributed by atoms with E-state index in [4.69, 9.17) is 27.9 Å². The molecule has 2 aromatic carbocycles. The Balaban J connectivity index is 1.95. The molecule has 0 unspecified atom stereocenters. The van der Waals surface area contributed by atoms with E-state index < -0.39 is 5.97 Å². The van der Waals surface area contributed by atoms with Gasteiger partial charge in [0.1, 0.15) is 0 Å². The van der Waals surface area contributed by atoms with Crippen molar-refractivity contribution in [3.8, 4) is 0 Å². The van der Waals surface area contributed by atoms with Crippen LogP contribution in [0, 0.1) is 0 Å². The molecule has 0 saturated heterocycles. The summed E-state index contributed by atoms with van der Waals surface area (Å²) in [7, 11) is 0. The first-order valence-electron chi connectivity index (χ1n) is 6.26. The highest BCUT2D eigenvalue weighted by Gasteiger charge is 2.24. The normalized spacial score (nSPS) is 15.9. The number of carbonyl (C=O) groups is 1. The smallest absolute Gasteiger partial charge is 0.363 e. The van der Waals surface area contributed by atoms with E-state index in [1.807, 2.05) is 24.3 Å². The number of esters is 1. The van der Waals surface area contributed by atoms with Gasteiger partial charge in [-0.1, -0.05) is 51.3 Å². The second-order valence-electron chi connectivity index (χ2n) is 4.52. The zero-order chi connectivity index (χ0) is 15.7. The van der Waals surface area contributed by atoms with Crippen molar-refractivity contribution in [1.82, 2.24) is 0 Å². The Hall–Kier alpha value is -1.62. The third kappa shape index (κ3) is 3.24. The minimum atomic E-state index is -0.499. The predicted molar refractivity (Wildman–Crippen MR) is 91.2 cm³/mol. The molecule has 0 atom stereocenters. The summed E-state index contributed by atoms with van der Waals surface area (Å²) in [5.41, 5.74) is 1.66. The summed E-state index contributed by atoms with van der Waals surface area (Å²) in [5.74, 6) is -0.223. The van der Waals surface area contributed by atoms with Gasteiger partial charge in [0.25, 0.3) is 0 Å². The average molecular weight is 397 g/mol. The molecule has 0 fully saturated rings. The number of cyclic esters (lactones) is 1. The van der Waals surface area contributed by atoms with Crippen molar-refractivity contribution in [1.29, 1.82) is 0 Å².